The molecule has 0 radical (unpaired) electrons. The van der Waals surface area contributed by atoms with Crippen molar-refractivity contribution in [1.29, 1.82) is 0 Å². The molecule has 1 saturated carbocycles. The van der Waals surface area contributed by atoms with Crippen molar-refractivity contribution < 1.29 is 4.42 Å². The Hall–Kier alpha value is -2.58. The standard InChI is InChI=1S/C21H20ClN5O2S/c22-13-8-9-16-15(11-13)20(28)24-18(23-16)12-30-21-26-25-19(17-7-4-10-29-17)27(21)14-5-2-1-3-6-14/h4,7-11,14H,1-3,5-6,12H2,(H,23,24,28). The summed E-state index contributed by atoms with van der Waals surface area (Å²) < 4.78 is 7.79. The third-order valence-corrected chi connectivity index (χ3v) is 6.59. The van der Waals surface area contributed by atoms with Gasteiger partial charge in [-0.3, -0.25) is 9.36 Å². The van der Waals surface area contributed by atoms with Gasteiger partial charge in [-0.05, 0) is 43.2 Å². The predicted octanol–water partition coefficient (Wildman–Crippen LogP) is 5.23. The van der Waals surface area contributed by atoms with Crippen molar-refractivity contribution in [3.63, 3.8) is 0 Å². The average molecular weight is 442 g/mol. The Bertz CT molecular complexity index is 1230. The van der Waals surface area contributed by atoms with Crippen LogP contribution in [0.5, 0.6) is 0 Å². The molecular weight excluding hydrogens is 422 g/mol. The van der Waals surface area contributed by atoms with Crippen LogP contribution in [0.2, 0.25) is 5.02 Å². The smallest absolute Gasteiger partial charge is 0.258 e. The van der Waals surface area contributed by atoms with Crippen LogP contribution < -0.4 is 5.56 Å². The van der Waals surface area contributed by atoms with E-state index in [9.17, 15) is 4.79 Å². The lowest BCUT2D eigenvalue weighted by Crippen LogP contribution is -2.15. The number of furan rings is 1. The second kappa shape index (κ2) is 8.28. The number of fused-ring (bicyclic) bond motifs is 1. The molecule has 3 heterocycles. The van der Waals surface area contributed by atoms with Gasteiger partial charge in [-0.15, -0.1) is 10.2 Å². The largest absolute Gasteiger partial charge is 0.461 e. The van der Waals surface area contributed by atoms with Crippen molar-refractivity contribution in [2.75, 3.05) is 0 Å². The van der Waals surface area contributed by atoms with E-state index in [1.807, 2.05) is 12.1 Å². The molecule has 1 aliphatic carbocycles. The molecule has 1 N–H and O–H groups in total. The Morgan fingerprint density at radius 3 is 2.87 bits per heavy atom. The number of hydrogen-bond acceptors (Lipinski definition) is 6. The number of rotatable bonds is 5. The minimum absolute atomic E-state index is 0.192. The first-order valence-corrected chi connectivity index (χ1v) is 11.4. The van der Waals surface area contributed by atoms with Crippen molar-refractivity contribution in [2.24, 2.45) is 0 Å². The van der Waals surface area contributed by atoms with Crippen LogP contribution in [0, 0.1) is 0 Å². The first kappa shape index (κ1) is 19.4. The van der Waals surface area contributed by atoms with Gasteiger partial charge in [0.15, 0.2) is 10.9 Å². The fourth-order valence-corrected chi connectivity index (χ4v) is 5.03. The highest BCUT2D eigenvalue weighted by atomic mass is 35.5. The second-order valence-corrected chi connectivity index (χ2v) is 8.79. The Balaban J connectivity index is 1.45. The molecule has 1 aliphatic rings. The van der Waals surface area contributed by atoms with Crippen LogP contribution in [0.15, 0.2) is 51.0 Å². The molecule has 1 aromatic carbocycles. The zero-order valence-corrected chi connectivity index (χ0v) is 17.7. The Labute approximate surface area is 181 Å². The van der Waals surface area contributed by atoms with E-state index in [1.165, 1.54) is 31.0 Å². The topological polar surface area (TPSA) is 89.6 Å². The number of nitrogens with zero attached hydrogens (tertiary/aromatic N) is 4. The molecule has 4 aromatic rings. The van der Waals surface area contributed by atoms with Crippen molar-refractivity contribution in [1.82, 2.24) is 24.7 Å². The number of aromatic amines is 1. The zero-order valence-electron chi connectivity index (χ0n) is 16.2. The molecule has 1 fully saturated rings. The molecule has 5 rings (SSSR count). The van der Waals surface area contributed by atoms with Gasteiger partial charge >= 0.3 is 0 Å². The number of H-pyrrole nitrogens is 1. The summed E-state index contributed by atoms with van der Waals surface area (Å²) in [6.07, 6.45) is 7.52. The van der Waals surface area contributed by atoms with Gasteiger partial charge in [0, 0.05) is 11.1 Å². The molecule has 9 heteroatoms. The van der Waals surface area contributed by atoms with Gasteiger partial charge in [-0.2, -0.15) is 0 Å². The molecule has 0 aliphatic heterocycles. The molecule has 154 valence electrons. The summed E-state index contributed by atoms with van der Waals surface area (Å²) in [5.74, 6) is 2.55. The van der Waals surface area contributed by atoms with Crippen LogP contribution in [0.1, 0.15) is 44.0 Å². The third-order valence-electron chi connectivity index (χ3n) is 5.40. The second-order valence-electron chi connectivity index (χ2n) is 7.41. The maximum Gasteiger partial charge on any atom is 0.258 e. The summed E-state index contributed by atoms with van der Waals surface area (Å²) >= 11 is 7.52. The van der Waals surface area contributed by atoms with E-state index in [-0.39, 0.29) is 5.56 Å². The predicted molar refractivity (Wildman–Crippen MR) is 117 cm³/mol. The van der Waals surface area contributed by atoms with Gasteiger partial charge in [0.05, 0.1) is 22.9 Å². The maximum atomic E-state index is 12.4. The fourth-order valence-electron chi connectivity index (χ4n) is 3.98. The quantitative estimate of drug-likeness (QED) is 0.427. The Morgan fingerprint density at radius 1 is 1.20 bits per heavy atom. The first-order chi connectivity index (χ1) is 14.7. The molecule has 0 atom stereocenters. The van der Waals surface area contributed by atoms with Crippen LogP contribution in [0.4, 0.5) is 0 Å². The summed E-state index contributed by atoms with van der Waals surface area (Å²) in [6, 6.07) is 9.25. The van der Waals surface area contributed by atoms with Crippen LogP contribution >= 0.6 is 23.4 Å². The summed E-state index contributed by atoms with van der Waals surface area (Å²) in [7, 11) is 0. The Morgan fingerprint density at radius 2 is 2.07 bits per heavy atom. The molecular formula is C21H20ClN5O2S. The summed E-state index contributed by atoms with van der Waals surface area (Å²) in [6.45, 7) is 0. The lowest BCUT2D eigenvalue weighted by molar-refractivity contribution is 0.337. The third kappa shape index (κ3) is 3.77. The molecule has 30 heavy (non-hydrogen) atoms. The van der Waals surface area contributed by atoms with Crippen LogP contribution in [0.25, 0.3) is 22.5 Å². The van der Waals surface area contributed by atoms with Crippen LogP contribution in [-0.2, 0) is 5.75 Å². The number of halogens is 1. The lowest BCUT2D eigenvalue weighted by Gasteiger charge is -2.25. The van der Waals surface area contributed by atoms with Gasteiger partial charge < -0.3 is 9.40 Å². The van der Waals surface area contributed by atoms with E-state index in [1.54, 1.807) is 24.5 Å². The molecule has 0 amide bonds. The lowest BCUT2D eigenvalue weighted by atomic mass is 9.95. The summed E-state index contributed by atoms with van der Waals surface area (Å²) in [5.41, 5.74) is 0.437. The van der Waals surface area contributed by atoms with Crippen molar-refractivity contribution in [3.05, 3.63) is 57.8 Å². The van der Waals surface area contributed by atoms with E-state index < -0.39 is 0 Å². The monoisotopic (exact) mass is 441 g/mol. The van der Waals surface area contributed by atoms with Gasteiger partial charge in [-0.25, -0.2) is 4.98 Å². The van der Waals surface area contributed by atoms with E-state index >= 15 is 0 Å². The number of thioether (sulfide) groups is 1. The highest BCUT2D eigenvalue weighted by Crippen LogP contribution is 2.36. The van der Waals surface area contributed by atoms with Gasteiger partial charge in [0.2, 0.25) is 5.82 Å². The number of nitrogens with one attached hydrogen (secondary N) is 1. The minimum Gasteiger partial charge on any atom is -0.461 e. The molecule has 0 unspecified atom stereocenters. The molecule has 0 saturated heterocycles. The first-order valence-electron chi connectivity index (χ1n) is 9.99. The minimum atomic E-state index is -0.192. The highest BCUT2D eigenvalue weighted by molar-refractivity contribution is 7.98. The SMILES string of the molecule is O=c1[nH]c(CSc2nnc(-c3ccco3)n2C2CCCCC2)nc2ccc(Cl)cc12. The summed E-state index contributed by atoms with van der Waals surface area (Å²) in [5, 5.41) is 10.7. The number of aromatic nitrogens is 5. The van der Waals surface area contributed by atoms with Crippen molar-refractivity contribution in [3.8, 4) is 11.6 Å². The number of benzene rings is 1. The van der Waals surface area contributed by atoms with Crippen molar-refractivity contribution >= 4 is 34.3 Å². The fraction of sp³-hybridized carbons (Fsp3) is 0.333. The van der Waals surface area contributed by atoms with Crippen LogP contribution in [0.3, 0.4) is 0 Å². The van der Waals surface area contributed by atoms with Crippen LogP contribution in [-0.4, -0.2) is 24.7 Å². The van der Waals surface area contributed by atoms with E-state index in [4.69, 9.17) is 16.0 Å². The molecule has 3 aromatic heterocycles. The zero-order chi connectivity index (χ0) is 20.5. The van der Waals surface area contributed by atoms with Gasteiger partial charge in [0.1, 0.15) is 5.82 Å². The average Bonchev–Trinajstić information content (AvgIpc) is 3.43. The normalized spacial score (nSPS) is 15.1. The van der Waals surface area contributed by atoms with Gasteiger partial charge in [-0.1, -0.05) is 42.6 Å². The highest BCUT2D eigenvalue weighted by Gasteiger charge is 2.25. The number of hydrogen-bond donors (Lipinski definition) is 1. The van der Waals surface area contributed by atoms with E-state index in [0.717, 1.165) is 23.8 Å². The van der Waals surface area contributed by atoms with E-state index in [2.05, 4.69) is 24.7 Å². The van der Waals surface area contributed by atoms with Crippen molar-refractivity contribution in [2.45, 2.75) is 49.1 Å². The van der Waals surface area contributed by atoms with Gasteiger partial charge in [0.25, 0.3) is 5.56 Å². The molecule has 0 bridgehead atoms. The molecule has 0 spiro atoms. The maximum absolute atomic E-state index is 12.4. The molecule has 7 nitrogen and oxygen atoms in total. The summed E-state index contributed by atoms with van der Waals surface area (Å²) in [4.78, 5) is 19.9. The Kier molecular flexibility index (Phi) is 5.35. The van der Waals surface area contributed by atoms with E-state index in [0.29, 0.717) is 39.3 Å².